The van der Waals surface area contributed by atoms with Gasteiger partial charge in [0.2, 0.25) is 0 Å². The first-order chi connectivity index (χ1) is 12.4. The molecular formula is C23H35NO. The van der Waals surface area contributed by atoms with Crippen LogP contribution in [0, 0.1) is 0 Å². The van der Waals surface area contributed by atoms with E-state index in [-0.39, 0.29) is 0 Å². The molecule has 1 saturated heterocycles. The zero-order valence-electron chi connectivity index (χ0n) is 15.9. The van der Waals surface area contributed by atoms with E-state index in [0.717, 1.165) is 13.2 Å². The minimum atomic E-state index is 0.323. The second-order valence-electron chi connectivity index (χ2n) is 7.64. The summed E-state index contributed by atoms with van der Waals surface area (Å²) < 4.78 is 5.98. The fourth-order valence-corrected chi connectivity index (χ4v) is 4.20. The van der Waals surface area contributed by atoms with Crippen LogP contribution in [0.1, 0.15) is 88.3 Å². The Bertz CT molecular complexity index is 545. The van der Waals surface area contributed by atoms with Gasteiger partial charge >= 0.3 is 0 Å². The molecule has 2 atom stereocenters. The zero-order chi connectivity index (χ0) is 17.3. The molecule has 2 unspecified atom stereocenters. The van der Waals surface area contributed by atoms with E-state index in [9.17, 15) is 0 Å². The van der Waals surface area contributed by atoms with Crippen LogP contribution < -0.4 is 5.32 Å². The second-order valence-corrected chi connectivity index (χ2v) is 7.64. The maximum atomic E-state index is 5.98. The van der Waals surface area contributed by atoms with Crippen molar-refractivity contribution in [3.63, 3.8) is 0 Å². The van der Waals surface area contributed by atoms with E-state index in [0.29, 0.717) is 12.1 Å². The smallest absolute Gasteiger partial charge is 0.0807 e. The van der Waals surface area contributed by atoms with E-state index >= 15 is 0 Å². The Labute approximate surface area is 154 Å². The molecule has 3 rings (SSSR count). The first kappa shape index (κ1) is 18.7. The molecule has 2 nitrogen and oxygen atoms in total. The molecule has 2 aliphatic rings. The molecule has 1 N–H and O–H groups in total. The number of nitrogens with one attached hydrogen (secondary N) is 1. The minimum absolute atomic E-state index is 0.323. The van der Waals surface area contributed by atoms with Gasteiger partial charge in [-0.3, -0.25) is 0 Å². The average Bonchev–Trinajstić information content (AvgIpc) is 3.28. The van der Waals surface area contributed by atoms with Crippen molar-refractivity contribution in [3.05, 3.63) is 41.0 Å². The maximum absolute atomic E-state index is 5.98. The monoisotopic (exact) mass is 341 g/mol. The third kappa shape index (κ3) is 5.18. The van der Waals surface area contributed by atoms with Gasteiger partial charge in [0.05, 0.1) is 12.1 Å². The molecule has 1 aliphatic carbocycles. The van der Waals surface area contributed by atoms with Gasteiger partial charge in [0.15, 0.2) is 0 Å². The van der Waals surface area contributed by atoms with E-state index < -0.39 is 0 Å². The van der Waals surface area contributed by atoms with Crippen LogP contribution in [0.25, 0.3) is 6.08 Å². The second kappa shape index (κ2) is 10.1. The van der Waals surface area contributed by atoms with Crippen LogP contribution in [0.4, 0.5) is 0 Å². The molecule has 25 heavy (non-hydrogen) atoms. The van der Waals surface area contributed by atoms with Gasteiger partial charge in [0.25, 0.3) is 0 Å². The van der Waals surface area contributed by atoms with Crippen LogP contribution in [-0.4, -0.2) is 19.3 Å². The van der Waals surface area contributed by atoms with E-state index in [2.05, 4.69) is 42.6 Å². The van der Waals surface area contributed by atoms with Crippen molar-refractivity contribution in [2.24, 2.45) is 0 Å². The quantitative estimate of drug-likeness (QED) is 0.496. The SMILES string of the molecule is CCCCCCCCCCNC1C(C2CCCO2)=Cc2ccccc21. The standard InChI is InChI=1S/C23H35NO/c1-2-3-4-5-6-7-8-11-16-24-23-20-14-10-9-13-19(20)18-21(23)22-15-12-17-25-22/h9-10,13-14,18,22-24H,2-8,11-12,15-17H2,1H3. The predicted molar refractivity (Wildman–Crippen MR) is 107 cm³/mol. The average molecular weight is 342 g/mol. The number of hydrogen-bond acceptors (Lipinski definition) is 2. The number of hydrogen-bond donors (Lipinski definition) is 1. The Morgan fingerprint density at radius 1 is 1.00 bits per heavy atom. The Morgan fingerprint density at radius 2 is 1.76 bits per heavy atom. The maximum Gasteiger partial charge on any atom is 0.0807 e. The molecule has 0 saturated carbocycles. The van der Waals surface area contributed by atoms with Gasteiger partial charge < -0.3 is 10.1 Å². The summed E-state index contributed by atoms with van der Waals surface area (Å²) in [6, 6.07) is 9.19. The summed E-state index contributed by atoms with van der Waals surface area (Å²) in [4.78, 5) is 0. The predicted octanol–water partition coefficient (Wildman–Crippen LogP) is 6.03. The van der Waals surface area contributed by atoms with Crippen LogP contribution in [0.5, 0.6) is 0 Å². The van der Waals surface area contributed by atoms with Crippen LogP contribution in [0.3, 0.4) is 0 Å². The van der Waals surface area contributed by atoms with E-state index in [1.807, 2.05) is 0 Å². The van der Waals surface area contributed by atoms with Crippen molar-refractivity contribution in [3.8, 4) is 0 Å². The van der Waals surface area contributed by atoms with Gasteiger partial charge in [-0.1, -0.05) is 82.2 Å². The topological polar surface area (TPSA) is 21.3 Å². The molecule has 1 fully saturated rings. The zero-order valence-corrected chi connectivity index (χ0v) is 15.9. The molecule has 0 aromatic heterocycles. The number of rotatable bonds is 11. The van der Waals surface area contributed by atoms with E-state index in [1.165, 1.54) is 80.9 Å². The number of unbranched alkanes of at least 4 members (excludes halogenated alkanes) is 7. The lowest BCUT2D eigenvalue weighted by atomic mass is 9.98. The third-order valence-corrected chi connectivity index (χ3v) is 5.64. The van der Waals surface area contributed by atoms with Crippen LogP contribution in [0.15, 0.2) is 29.8 Å². The van der Waals surface area contributed by atoms with Crippen LogP contribution in [-0.2, 0) is 4.74 Å². The fraction of sp³-hybridized carbons (Fsp3) is 0.652. The van der Waals surface area contributed by atoms with Gasteiger partial charge in [-0.15, -0.1) is 0 Å². The minimum Gasteiger partial charge on any atom is -0.374 e. The highest BCUT2D eigenvalue weighted by molar-refractivity contribution is 5.67. The summed E-state index contributed by atoms with van der Waals surface area (Å²) in [6.45, 7) is 4.31. The molecule has 1 aromatic rings. The Hall–Kier alpha value is -1.12. The molecular weight excluding hydrogens is 306 g/mol. The first-order valence-electron chi connectivity index (χ1n) is 10.6. The number of fused-ring (bicyclic) bond motifs is 1. The summed E-state index contributed by atoms with van der Waals surface area (Å²) in [5, 5.41) is 3.83. The van der Waals surface area contributed by atoms with Crippen molar-refractivity contribution in [1.29, 1.82) is 0 Å². The fourth-order valence-electron chi connectivity index (χ4n) is 4.20. The van der Waals surface area contributed by atoms with E-state index in [4.69, 9.17) is 4.74 Å². The van der Waals surface area contributed by atoms with Crippen LogP contribution >= 0.6 is 0 Å². The Morgan fingerprint density at radius 3 is 2.52 bits per heavy atom. The molecule has 1 heterocycles. The highest BCUT2D eigenvalue weighted by Gasteiger charge is 2.31. The van der Waals surface area contributed by atoms with Crippen molar-refractivity contribution < 1.29 is 4.74 Å². The number of ether oxygens (including phenoxy) is 1. The summed E-state index contributed by atoms with van der Waals surface area (Å²) in [6.07, 6.45) is 16.1. The third-order valence-electron chi connectivity index (χ3n) is 5.64. The Balaban J connectivity index is 1.43. The molecule has 138 valence electrons. The highest BCUT2D eigenvalue weighted by atomic mass is 16.5. The summed E-state index contributed by atoms with van der Waals surface area (Å²) in [5.74, 6) is 0. The molecule has 1 aromatic carbocycles. The van der Waals surface area contributed by atoms with Gasteiger partial charge in [-0.25, -0.2) is 0 Å². The molecule has 0 spiro atoms. The summed E-state index contributed by atoms with van der Waals surface area (Å²) >= 11 is 0. The summed E-state index contributed by atoms with van der Waals surface area (Å²) in [5.41, 5.74) is 4.27. The van der Waals surface area contributed by atoms with Gasteiger partial charge in [0.1, 0.15) is 0 Å². The van der Waals surface area contributed by atoms with Crippen molar-refractivity contribution in [1.82, 2.24) is 5.32 Å². The molecule has 1 aliphatic heterocycles. The molecule has 0 radical (unpaired) electrons. The molecule has 2 heteroatoms. The lowest BCUT2D eigenvalue weighted by molar-refractivity contribution is 0.132. The van der Waals surface area contributed by atoms with Crippen molar-refractivity contribution in [2.75, 3.05) is 13.2 Å². The lowest BCUT2D eigenvalue weighted by Gasteiger charge is -2.22. The van der Waals surface area contributed by atoms with E-state index in [1.54, 1.807) is 0 Å². The lowest BCUT2D eigenvalue weighted by Crippen LogP contribution is -2.27. The normalized spacial score (nSPS) is 22.2. The van der Waals surface area contributed by atoms with Crippen molar-refractivity contribution in [2.45, 2.75) is 83.3 Å². The van der Waals surface area contributed by atoms with Gasteiger partial charge in [0, 0.05) is 6.61 Å². The highest BCUT2D eigenvalue weighted by Crippen LogP contribution is 2.39. The van der Waals surface area contributed by atoms with Crippen molar-refractivity contribution >= 4 is 6.08 Å². The molecule has 0 bridgehead atoms. The van der Waals surface area contributed by atoms with Gasteiger partial charge in [-0.05, 0) is 42.5 Å². The Kier molecular flexibility index (Phi) is 7.56. The molecule has 0 amide bonds. The van der Waals surface area contributed by atoms with Gasteiger partial charge in [-0.2, -0.15) is 0 Å². The van der Waals surface area contributed by atoms with Crippen LogP contribution in [0.2, 0.25) is 0 Å². The number of benzene rings is 1. The summed E-state index contributed by atoms with van der Waals surface area (Å²) in [7, 11) is 0. The first-order valence-corrected chi connectivity index (χ1v) is 10.6. The largest absolute Gasteiger partial charge is 0.374 e.